The third kappa shape index (κ3) is 5.25. The summed E-state index contributed by atoms with van der Waals surface area (Å²) in [6.07, 6.45) is 1.14. The summed E-state index contributed by atoms with van der Waals surface area (Å²) in [5.41, 5.74) is 6.34. The van der Waals surface area contributed by atoms with Crippen LogP contribution in [-0.4, -0.2) is 30.1 Å². The van der Waals surface area contributed by atoms with E-state index in [-0.39, 0.29) is 36.6 Å². The highest BCUT2D eigenvalue weighted by Gasteiger charge is 2.34. The topological polar surface area (TPSA) is 93.4 Å². The van der Waals surface area contributed by atoms with Gasteiger partial charge in [-0.3, -0.25) is 4.79 Å². The number of ether oxygens (including phenoxy) is 1. The molecule has 1 fully saturated rings. The Morgan fingerprint density at radius 3 is 2.43 bits per heavy atom. The monoisotopic (exact) mass is 319 g/mol. The molecule has 6 nitrogen and oxygen atoms in total. The second kappa shape index (κ2) is 7.97. The van der Waals surface area contributed by atoms with Crippen molar-refractivity contribution in [1.29, 1.82) is 0 Å². The molecule has 0 spiro atoms. The molecule has 2 amide bonds. The van der Waals surface area contributed by atoms with Gasteiger partial charge in [-0.15, -0.1) is 0 Å². The fraction of sp³-hybridized carbons (Fsp3) is 0.529. The van der Waals surface area contributed by atoms with Crippen molar-refractivity contribution < 1.29 is 14.3 Å². The zero-order valence-corrected chi connectivity index (χ0v) is 13.6. The van der Waals surface area contributed by atoms with Crippen LogP contribution < -0.4 is 16.4 Å². The number of nitrogens with one attached hydrogen (secondary N) is 2. The van der Waals surface area contributed by atoms with E-state index in [1.54, 1.807) is 0 Å². The highest BCUT2D eigenvalue weighted by molar-refractivity contribution is 5.80. The molecule has 1 aromatic carbocycles. The van der Waals surface area contributed by atoms with Gasteiger partial charge in [0, 0.05) is 12.1 Å². The number of benzene rings is 1. The Morgan fingerprint density at radius 1 is 1.22 bits per heavy atom. The summed E-state index contributed by atoms with van der Waals surface area (Å²) in [7, 11) is 0. The number of primary amides is 1. The van der Waals surface area contributed by atoms with E-state index in [0.717, 1.165) is 18.4 Å². The predicted octanol–water partition coefficient (Wildman–Crippen LogP) is 1.54. The van der Waals surface area contributed by atoms with Crippen LogP contribution in [0.25, 0.3) is 0 Å². The minimum absolute atomic E-state index is 0.0801. The van der Waals surface area contributed by atoms with Crippen molar-refractivity contribution in [2.75, 3.05) is 0 Å². The van der Waals surface area contributed by atoms with Crippen molar-refractivity contribution in [3.63, 3.8) is 0 Å². The summed E-state index contributed by atoms with van der Waals surface area (Å²) in [4.78, 5) is 23.1. The first-order valence-corrected chi connectivity index (χ1v) is 7.98. The first-order valence-electron chi connectivity index (χ1n) is 7.98. The highest BCUT2D eigenvalue weighted by atomic mass is 16.5. The summed E-state index contributed by atoms with van der Waals surface area (Å²) in [5.74, 6) is -0.186. The van der Waals surface area contributed by atoms with Crippen LogP contribution in [0.5, 0.6) is 0 Å². The van der Waals surface area contributed by atoms with Crippen molar-refractivity contribution >= 4 is 12.0 Å². The van der Waals surface area contributed by atoms with Crippen LogP contribution in [0.4, 0.5) is 4.79 Å². The average molecular weight is 319 g/mol. The number of nitrogens with two attached hydrogens (primary N) is 1. The SMILES string of the molecule is CC(C)C(NC1CC(NC(=O)OCc2ccccc2)C1)C(N)=O. The Labute approximate surface area is 136 Å². The van der Waals surface area contributed by atoms with Crippen LogP contribution in [0.2, 0.25) is 0 Å². The molecule has 1 saturated carbocycles. The van der Waals surface area contributed by atoms with Gasteiger partial charge >= 0.3 is 6.09 Å². The maximum atomic E-state index is 11.7. The number of hydrogen-bond donors (Lipinski definition) is 3. The molecule has 6 heteroatoms. The molecule has 0 radical (unpaired) electrons. The summed E-state index contributed by atoms with van der Waals surface area (Å²) < 4.78 is 5.18. The first-order chi connectivity index (χ1) is 11.0. The summed E-state index contributed by atoms with van der Waals surface area (Å²) in [6.45, 7) is 4.17. The minimum Gasteiger partial charge on any atom is -0.445 e. The molecule has 4 N–H and O–H groups in total. The molecule has 0 bridgehead atoms. The molecule has 2 rings (SSSR count). The quantitative estimate of drug-likeness (QED) is 0.711. The van der Waals surface area contributed by atoms with Crippen LogP contribution in [0.15, 0.2) is 30.3 Å². The van der Waals surface area contributed by atoms with E-state index in [1.165, 1.54) is 0 Å². The second-order valence-corrected chi connectivity index (χ2v) is 6.36. The van der Waals surface area contributed by atoms with Crippen LogP contribution in [0, 0.1) is 5.92 Å². The maximum absolute atomic E-state index is 11.7. The van der Waals surface area contributed by atoms with Gasteiger partial charge in [-0.1, -0.05) is 44.2 Å². The molecular formula is C17H25N3O3. The van der Waals surface area contributed by atoms with Gasteiger partial charge in [0.1, 0.15) is 6.61 Å². The van der Waals surface area contributed by atoms with Gasteiger partial charge in [0.15, 0.2) is 0 Å². The van der Waals surface area contributed by atoms with Gasteiger partial charge in [-0.05, 0) is 24.3 Å². The Kier molecular flexibility index (Phi) is 5.98. The standard InChI is InChI=1S/C17H25N3O3/c1-11(2)15(16(18)21)19-13-8-14(9-13)20-17(22)23-10-12-6-4-3-5-7-12/h3-7,11,13-15,19H,8-10H2,1-2H3,(H2,18,21)(H,20,22). The van der Waals surface area contributed by atoms with Gasteiger partial charge < -0.3 is 21.1 Å². The Hall–Kier alpha value is -2.08. The molecule has 0 saturated heterocycles. The minimum atomic E-state index is -0.410. The molecule has 1 atom stereocenters. The third-order valence-electron chi connectivity index (χ3n) is 4.06. The lowest BCUT2D eigenvalue weighted by molar-refractivity contribution is -0.121. The van der Waals surface area contributed by atoms with Gasteiger partial charge in [0.2, 0.25) is 5.91 Å². The van der Waals surface area contributed by atoms with Gasteiger partial charge in [-0.2, -0.15) is 0 Å². The molecule has 1 aromatic rings. The largest absolute Gasteiger partial charge is 0.445 e. The van der Waals surface area contributed by atoms with E-state index in [1.807, 2.05) is 44.2 Å². The summed E-state index contributed by atoms with van der Waals surface area (Å²) in [6, 6.07) is 9.50. The summed E-state index contributed by atoms with van der Waals surface area (Å²) in [5, 5.41) is 6.08. The normalized spacial score (nSPS) is 21.3. The van der Waals surface area contributed by atoms with Gasteiger partial charge in [0.05, 0.1) is 6.04 Å². The van der Waals surface area contributed by atoms with E-state index >= 15 is 0 Å². The Morgan fingerprint density at radius 2 is 1.87 bits per heavy atom. The molecule has 1 unspecified atom stereocenters. The molecule has 126 valence electrons. The molecule has 23 heavy (non-hydrogen) atoms. The van der Waals surface area contributed by atoms with Crippen molar-refractivity contribution in [1.82, 2.24) is 10.6 Å². The number of carbonyl (C=O) groups is 2. The number of alkyl carbamates (subject to hydrolysis) is 1. The lowest BCUT2D eigenvalue weighted by Crippen LogP contribution is -2.58. The molecule has 0 heterocycles. The number of hydrogen-bond acceptors (Lipinski definition) is 4. The van der Waals surface area contributed by atoms with Gasteiger partial charge in [0.25, 0.3) is 0 Å². The zero-order chi connectivity index (χ0) is 16.8. The smallest absolute Gasteiger partial charge is 0.407 e. The lowest BCUT2D eigenvalue weighted by Gasteiger charge is -2.38. The molecule has 0 aromatic heterocycles. The van der Waals surface area contributed by atoms with Crippen molar-refractivity contribution in [2.45, 2.75) is 51.4 Å². The number of rotatable bonds is 7. The molecule has 0 aliphatic heterocycles. The zero-order valence-electron chi connectivity index (χ0n) is 13.6. The molecular weight excluding hydrogens is 294 g/mol. The van der Waals surface area contributed by atoms with Crippen LogP contribution >= 0.6 is 0 Å². The van der Waals surface area contributed by atoms with Crippen molar-refractivity contribution in [2.24, 2.45) is 11.7 Å². The fourth-order valence-electron chi connectivity index (χ4n) is 2.66. The Balaban J connectivity index is 1.65. The van der Waals surface area contributed by atoms with Crippen molar-refractivity contribution in [3.05, 3.63) is 35.9 Å². The summed E-state index contributed by atoms with van der Waals surface area (Å²) >= 11 is 0. The lowest BCUT2D eigenvalue weighted by atomic mass is 9.85. The van der Waals surface area contributed by atoms with E-state index in [0.29, 0.717) is 0 Å². The molecule has 1 aliphatic rings. The van der Waals surface area contributed by atoms with E-state index in [4.69, 9.17) is 10.5 Å². The second-order valence-electron chi connectivity index (χ2n) is 6.36. The maximum Gasteiger partial charge on any atom is 0.407 e. The Bertz CT molecular complexity index is 527. The van der Waals surface area contributed by atoms with Crippen LogP contribution in [-0.2, 0) is 16.1 Å². The highest BCUT2D eigenvalue weighted by Crippen LogP contribution is 2.21. The first kappa shape index (κ1) is 17.3. The van der Waals surface area contributed by atoms with E-state index in [9.17, 15) is 9.59 Å². The van der Waals surface area contributed by atoms with Gasteiger partial charge in [-0.25, -0.2) is 4.79 Å². The third-order valence-corrected chi connectivity index (χ3v) is 4.06. The van der Waals surface area contributed by atoms with E-state index < -0.39 is 6.09 Å². The number of carbonyl (C=O) groups excluding carboxylic acids is 2. The van der Waals surface area contributed by atoms with Crippen molar-refractivity contribution in [3.8, 4) is 0 Å². The fourth-order valence-corrected chi connectivity index (χ4v) is 2.66. The number of amides is 2. The molecule has 1 aliphatic carbocycles. The van der Waals surface area contributed by atoms with E-state index in [2.05, 4.69) is 10.6 Å². The average Bonchev–Trinajstić information content (AvgIpc) is 2.47. The van der Waals surface area contributed by atoms with Crippen LogP contribution in [0.3, 0.4) is 0 Å². The van der Waals surface area contributed by atoms with Crippen LogP contribution in [0.1, 0.15) is 32.3 Å². The predicted molar refractivity (Wildman–Crippen MR) is 87.5 cm³/mol.